The first-order valence-electron chi connectivity index (χ1n) is 6.06. The molecule has 0 aromatic carbocycles. The molecule has 2 heterocycles. The molecular formula is C13H15FN2O3. The van der Waals surface area contributed by atoms with Gasteiger partial charge < -0.3 is 10.0 Å². The Morgan fingerprint density at radius 1 is 1.37 bits per heavy atom. The third-order valence-electron chi connectivity index (χ3n) is 3.62. The number of aromatic nitrogens is 1. The molecule has 0 saturated carbocycles. The van der Waals surface area contributed by atoms with Crippen molar-refractivity contribution in [2.45, 2.75) is 19.8 Å². The molecule has 0 radical (unpaired) electrons. The molecular weight excluding hydrogens is 251 g/mol. The Kier molecular flexibility index (Phi) is 3.50. The maximum absolute atomic E-state index is 13.0. The second kappa shape index (κ2) is 4.95. The van der Waals surface area contributed by atoms with Gasteiger partial charge in [-0.25, -0.2) is 4.39 Å². The minimum Gasteiger partial charge on any atom is -0.481 e. The molecule has 1 aromatic heterocycles. The fraction of sp³-hybridized carbons (Fsp3) is 0.462. The van der Waals surface area contributed by atoms with Crippen LogP contribution in [-0.2, 0) is 4.79 Å². The zero-order valence-corrected chi connectivity index (χ0v) is 10.6. The number of aliphatic carboxylic acids is 1. The molecule has 1 amide bonds. The SMILES string of the molecule is CC1(C(=O)O)CCN(C(=O)c2cncc(F)c2)CC1. The van der Waals surface area contributed by atoms with Crippen LogP contribution in [0.2, 0.25) is 0 Å². The standard InChI is InChI=1S/C13H15FN2O3/c1-13(12(18)19)2-4-16(5-3-13)11(17)9-6-10(14)8-15-7-9/h6-8H,2-5H2,1H3,(H,18,19). The van der Waals surface area contributed by atoms with Crippen LogP contribution in [0, 0.1) is 11.2 Å². The first kappa shape index (κ1) is 13.5. The maximum atomic E-state index is 13.0. The molecule has 6 heteroatoms. The smallest absolute Gasteiger partial charge is 0.309 e. The van der Waals surface area contributed by atoms with Crippen molar-refractivity contribution in [3.05, 3.63) is 29.8 Å². The van der Waals surface area contributed by atoms with Gasteiger partial charge in [0.05, 0.1) is 17.2 Å². The van der Waals surface area contributed by atoms with E-state index in [1.54, 1.807) is 11.8 Å². The van der Waals surface area contributed by atoms with E-state index < -0.39 is 17.2 Å². The third kappa shape index (κ3) is 2.72. The van der Waals surface area contributed by atoms with Crippen molar-refractivity contribution in [2.24, 2.45) is 5.41 Å². The van der Waals surface area contributed by atoms with Gasteiger partial charge in [-0.15, -0.1) is 0 Å². The highest BCUT2D eigenvalue weighted by Crippen LogP contribution is 2.31. The van der Waals surface area contributed by atoms with Gasteiger partial charge in [0.25, 0.3) is 5.91 Å². The van der Waals surface area contributed by atoms with Crippen LogP contribution in [0.25, 0.3) is 0 Å². The second-order valence-corrected chi connectivity index (χ2v) is 5.05. The summed E-state index contributed by atoms with van der Waals surface area (Å²) in [5, 5.41) is 9.11. The molecule has 1 aliphatic heterocycles. The summed E-state index contributed by atoms with van der Waals surface area (Å²) in [6.45, 7) is 2.40. The second-order valence-electron chi connectivity index (χ2n) is 5.05. The Labute approximate surface area is 110 Å². The lowest BCUT2D eigenvalue weighted by atomic mass is 9.80. The summed E-state index contributed by atoms with van der Waals surface area (Å²) in [5.41, 5.74) is -0.587. The molecule has 0 aliphatic carbocycles. The fourth-order valence-electron chi connectivity index (χ4n) is 2.13. The molecule has 1 saturated heterocycles. The highest BCUT2D eigenvalue weighted by molar-refractivity contribution is 5.94. The van der Waals surface area contributed by atoms with Crippen molar-refractivity contribution in [3.8, 4) is 0 Å². The van der Waals surface area contributed by atoms with Crippen LogP contribution in [-0.4, -0.2) is 40.0 Å². The Morgan fingerprint density at radius 2 is 2.00 bits per heavy atom. The van der Waals surface area contributed by atoms with Crippen LogP contribution in [0.3, 0.4) is 0 Å². The van der Waals surface area contributed by atoms with E-state index in [-0.39, 0.29) is 11.5 Å². The first-order chi connectivity index (χ1) is 8.92. The Bertz CT molecular complexity index is 510. The average Bonchev–Trinajstić information content (AvgIpc) is 2.38. The molecule has 1 N–H and O–H groups in total. The normalized spacial score (nSPS) is 18.1. The molecule has 1 fully saturated rings. The highest BCUT2D eigenvalue weighted by Gasteiger charge is 2.38. The maximum Gasteiger partial charge on any atom is 0.309 e. The van der Waals surface area contributed by atoms with E-state index in [4.69, 9.17) is 5.11 Å². The van der Waals surface area contributed by atoms with E-state index in [9.17, 15) is 14.0 Å². The molecule has 102 valence electrons. The van der Waals surface area contributed by atoms with Crippen LogP contribution >= 0.6 is 0 Å². The van der Waals surface area contributed by atoms with E-state index in [0.29, 0.717) is 25.9 Å². The summed E-state index contributed by atoms with van der Waals surface area (Å²) in [5.74, 6) is -1.70. The predicted molar refractivity (Wildman–Crippen MR) is 65.1 cm³/mol. The Morgan fingerprint density at radius 3 is 2.53 bits per heavy atom. The number of carboxylic acid groups (broad SMARTS) is 1. The van der Waals surface area contributed by atoms with Gasteiger partial charge in [0.15, 0.2) is 0 Å². The average molecular weight is 266 g/mol. The molecule has 1 aromatic rings. The van der Waals surface area contributed by atoms with Gasteiger partial charge in [0, 0.05) is 19.3 Å². The lowest BCUT2D eigenvalue weighted by Gasteiger charge is -2.36. The molecule has 0 unspecified atom stereocenters. The van der Waals surface area contributed by atoms with Crippen molar-refractivity contribution >= 4 is 11.9 Å². The Hall–Kier alpha value is -1.98. The van der Waals surface area contributed by atoms with Crippen LogP contribution < -0.4 is 0 Å². The van der Waals surface area contributed by atoms with Crippen molar-refractivity contribution in [1.82, 2.24) is 9.88 Å². The number of rotatable bonds is 2. The number of halogens is 1. The summed E-state index contributed by atoms with van der Waals surface area (Å²) in [4.78, 5) is 28.4. The van der Waals surface area contributed by atoms with E-state index in [2.05, 4.69) is 4.98 Å². The van der Waals surface area contributed by atoms with Crippen LogP contribution in [0.1, 0.15) is 30.1 Å². The van der Waals surface area contributed by atoms with Crippen molar-refractivity contribution in [3.63, 3.8) is 0 Å². The summed E-state index contributed by atoms with van der Waals surface area (Å²) in [6, 6.07) is 1.14. The van der Waals surface area contributed by atoms with Gasteiger partial charge >= 0.3 is 5.97 Å². The number of hydrogen-bond donors (Lipinski definition) is 1. The molecule has 0 spiro atoms. The number of nitrogens with zero attached hydrogens (tertiary/aromatic N) is 2. The molecule has 19 heavy (non-hydrogen) atoms. The summed E-state index contributed by atoms with van der Waals surface area (Å²) >= 11 is 0. The molecule has 1 aliphatic rings. The van der Waals surface area contributed by atoms with Crippen LogP contribution in [0.5, 0.6) is 0 Å². The van der Waals surface area contributed by atoms with Gasteiger partial charge in [-0.1, -0.05) is 0 Å². The first-order valence-corrected chi connectivity index (χ1v) is 6.06. The minimum atomic E-state index is -0.841. The van der Waals surface area contributed by atoms with Crippen molar-refractivity contribution < 1.29 is 19.1 Å². The summed E-state index contributed by atoms with van der Waals surface area (Å²) in [6.07, 6.45) is 3.15. The largest absolute Gasteiger partial charge is 0.481 e. The lowest BCUT2D eigenvalue weighted by molar-refractivity contribution is -0.150. The van der Waals surface area contributed by atoms with Crippen molar-refractivity contribution in [1.29, 1.82) is 0 Å². The van der Waals surface area contributed by atoms with Gasteiger partial charge in [0.2, 0.25) is 0 Å². The number of carbonyl (C=O) groups excluding carboxylic acids is 1. The third-order valence-corrected chi connectivity index (χ3v) is 3.62. The topological polar surface area (TPSA) is 70.5 Å². The number of piperidine rings is 1. The zero-order valence-electron chi connectivity index (χ0n) is 10.6. The van der Waals surface area contributed by atoms with E-state index in [0.717, 1.165) is 12.3 Å². The number of likely N-dealkylation sites (tertiary alicyclic amines) is 1. The van der Waals surface area contributed by atoms with Crippen LogP contribution in [0.4, 0.5) is 4.39 Å². The molecule has 0 bridgehead atoms. The number of hydrogen-bond acceptors (Lipinski definition) is 3. The molecule has 2 rings (SSSR count). The minimum absolute atomic E-state index is 0.193. The molecule has 5 nitrogen and oxygen atoms in total. The zero-order chi connectivity index (χ0) is 14.0. The monoisotopic (exact) mass is 266 g/mol. The fourth-order valence-corrected chi connectivity index (χ4v) is 2.13. The van der Waals surface area contributed by atoms with Crippen molar-refractivity contribution in [2.75, 3.05) is 13.1 Å². The van der Waals surface area contributed by atoms with Gasteiger partial charge in [-0.2, -0.15) is 0 Å². The molecule has 0 atom stereocenters. The number of amides is 1. The van der Waals surface area contributed by atoms with E-state index in [1.807, 2.05) is 0 Å². The highest BCUT2D eigenvalue weighted by atomic mass is 19.1. The summed E-state index contributed by atoms with van der Waals surface area (Å²) in [7, 11) is 0. The lowest BCUT2D eigenvalue weighted by Crippen LogP contribution is -2.45. The number of pyridine rings is 1. The number of carbonyl (C=O) groups is 2. The summed E-state index contributed by atoms with van der Waals surface area (Å²) < 4.78 is 13.0. The van der Waals surface area contributed by atoms with Gasteiger partial charge in [-0.3, -0.25) is 14.6 Å². The van der Waals surface area contributed by atoms with Crippen LogP contribution in [0.15, 0.2) is 18.5 Å². The predicted octanol–water partition coefficient (Wildman–Crippen LogP) is 1.55. The Balaban J connectivity index is 2.06. The van der Waals surface area contributed by atoms with E-state index >= 15 is 0 Å². The van der Waals surface area contributed by atoms with Gasteiger partial charge in [-0.05, 0) is 25.8 Å². The van der Waals surface area contributed by atoms with E-state index in [1.165, 1.54) is 6.20 Å². The quantitative estimate of drug-likeness (QED) is 0.881. The number of carboxylic acids is 1. The van der Waals surface area contributed by atoms with Gasteiger partial charge in [0.1, 0.15) is 5.82 Å².